The molecule has 0 unspecified atom stereocenters. The van der Waals surface area contributed by atoms with Gasteiger partial charge in [-0.1, -0.05) is 176 Å². The summed E-state index contributed by atoms with van der Waals surface area (Å²) in [7, 11) is 0. The van der Waals surface area contributed by atoms with Gasteiger partial charge in [0.2, 0.25) is 0 Å². The fourth-order valence-electron chi connectivity index (χ4n) is 6.97. The molecule has 0 bridgehead atoms. The van der Waals surface area contributed by atoms with E-state index in [9.17, 15) is 0 Å². The molecule has 1 aromatic heterocycles. The Labute approximate surface area is 286 Å². The number of hydrogen-bond acceptors (Lipinski definition) is 3. The molecule has 3 nitrogen and oxygen atoms in total. The van der Waals surface area contributed by atoms with Crippen LogP contribution < -0.4 is 0 Å². The topological polar surface area (TPSA) is 38.7 Å². The van der Waals surface area contributed by atoms with Crippen molar-refractivity contribution in [1.29, 1.82) is 0 Å². The summed E-state index contributed by atoms with van der Waals surface area (Å²) < 4.78 is 0. The summed E-state index contributed by atoms with van der Waals surface area (Å²) in [4.78, 5) is 15.2. The molecule has 9 rings (SSSR count). The highest BCUT2D eigenvalue weighted by Crippen LogP contribution is 2.45. The highest BCUT2D eigenvalue weighted by atomic mass is 15.0. The molecular weight excluding hydrogens is 595 g/mol. The molecule has 0 radical (unpaired) electrons. The third kappa shape index (κ3) is 5.42. The summed E-state index contributed by atoms with van der Waals surface area (Å²) in [6, 6.07) is 61.8. The highest BCUT2D eigenvalue weighted by Gasteiger charge is 2.26. The lowest BCUT2D eigenvalue weighted by atomic mass is 9.94. The van der Waals surface area contributed by atoms with Gasteiger partial charge in [0.1, 0.15) is 0 Å². The molecule has 7 aromatic carbocycles. The molecule has 1 aliphatic carbocycles. The highest BCUT2D eigenvalue weighted by molar-refractivity contribution is 5.89. The van der Waals surface area contributed by atoms with Crippen LogP contribution in [-0.4, -0.2) is 15.0 Å². The zero-order chi connectivity index (χ0) is 32.6. The number of nitrogens with zero attached hydrogens (tertiary/aromatic N) is 3. The SMILES string of the molecule is c1ccc(-c2ccc(-c3nc(-c4ccccc4)nc(-c4cccc5c4Cc4c(-c6ccc(-c7ccccc7)cc6)cccc4-5)n3)cc2)cc1. The van der Waals surface area contributed by atoms with Gasteiger partial charge in [-0.2, -0.15) is 0 Å². The van der Waals surface area contributed by atoms with Crippen LogP contribution in [0.2, 0.25) is 0 Å². The third-order valence-corrected chi connectivity index (χ3v) is 9.46. The van der Waals surface area contributed by atoms with E-state index in [1.807, 2.05) is 24.3 Å². The molecule has 0 fully saturated rings. The quantitative estimate of drug-likeness (QED) is 0.185. The zero-order valence-corrected chi connectivity index (χ0v) is 26.8. The molecule has 0 saturated carbocycles. The van der Waals surface area contributed by atoms with Gasteiger partial charge in [0.05, 0.1) is 0 Å². The summed E-state index contributed by atoms with van der Waals surface area (Å²) in [5, 5.41) is 0. The van der Waals surface area contributed by atoms with Gasteiger partial charge in [0.25, 0.3) is 0 Å². The van der Waals surface area contributed by atoms with Gasteiger partial charge in [-0.15, -0.1) is 0 Å². The molecule has 0 aliphatic heterocycles. The maximum Gasteiger partial charge on any atom is 0.164 e. The molecule has 0 saturated heterocycles. The lowest BCUT2D eigenvalue weighted by molar-refractivity contribution is 1.07. The van der Waals surface area contributed by atoms with Gasteiger partial charge in [-0.3, -0.25) is 0 Å². The number of benzene rings is 7. The second kappa shape index (κ2) is 12.3. The molecule has 0 spiro atoms. The standard InChI is InChI=1S/C46H31N3/c1-4-12-31(13-5-1)33-22-26-35(27-23-33)38-18-10-19-39-40-20-11-21-41(43(40)30-42(38)39)46-48-44(36-16-8-3-9-17-36)47-45(49-46)37-28-24-34(25-29-37)32-14-6-2-7-15-32/h1-29H,30H2. The molecule has 8 aromatic rings. The van der Waals surface area contributed by atoms with Crippen LogP contribution in [0.4, 0.5) is 0 Å². The van der Waals surface area contributed by atoms with Gasteiger partial charge in [-0.25, -0.2) is 15.0 Å². The third-order valence-electron chi connectivity index (χ3n) is 9.46. The smallest absolute Gasteiger partial charge is 0.164 e. The largest absolute Gasteiger partial charge is 0.208 e. The molecule has 49 heavy (non-hydrogen) atoms. The van der Waals surface area contributed by atoms with E-state index in [0.717, 1.165) is 28.7 Å². The van der Waals surface area contributed by atoms with E-state index in [-0.39, 0.29) is 0 Å². The van der Waals surface area contributed by atoms with Crippen molar-refractivity contribution in [2.24, 2.45) is 0 Å². The van der Waals surface area contributed by atoms with Crippen molar-refractivity contribution in [2.45, 2.75) is 6.42 Å². The molecule has 230 valence electrons. The molecular formula is C46H31N3. The number of rotatable bonds is 6. The van der Waals surface area contributed by atoms with E-state index in [2.05, 4.69) is 152 Å². The van der Waals surface area contributed by atoms with Crippen molar-refractivity contribution in [2.75, 3.05) is 0 Å². The molecule has 0 atom stereocenters. The van der Waals surface area contributed by atoms with Crippen LogP contribution in [-0.2, 0) is 6.42 Å². The first-order valence-electron chi connectivity index (χ1n) is 16.7. The van der Waals surface area contributed by atoms with E-state index in [1.165, 1.54) is 50.1 Å². The summed E-state index contributed by atoms with van der Waals surface area (Å²) >= 11 is 0. The molecule has 3 heteroatoms. The Morgan fingerprint density at radius 3 is 1.12 bits per heavy atom. The van der Waals surface area contributed by atoms with Gasteiger partial charge in [0.15, 0.2) is 17.5 Å². The lowest BCUT2D eigenvalue weighted by Gasteiger charge is -2.12. The number of fused-ring (bicyclic) bond motifs is 3. The first kappa shape index (κ1) is 28.7. The van der Waals surface area contributed by atoms with Gasteiger partial charge in [0, 0.05) is 23.1 Å². The minimum Gasteiger partial charge on any atom is -0.208 e. The fraction of sp³-hybridized carbons (Fsp3) is 0.0217. The molecule has 0 amide bonds. The Bertz CT molecular complexity index is 2420. The summed E-state index contributed by atoms with van der Waals surface area (Å²) in [5.41, 5.74) is 15.3. The van der Waals surface area contributed by atoms with Crippen molar-refractivity contribution in [1.82, 2.24) is 15.0 Å². The minimum atomic E-state index is 0.663. The van der Waals surface area contributed by atoms with E-state index in [0.29, 0.717) is 17.5 Å². The van der Waals surface area contributed by atoms with Crippen LogP contribution in [0.15, 0.2) is 176 Å². The van der Waals surface area contributed by atoms with Crippen LogP contribution in [0.3, 0.4) is 0 Å². The summed E-state index contributed by atoms with van der Waals surface area (Å²) in [5.74, 6) is 2.02. The van der Waals surface area contributed by atoms with Crippen molar-refractivity contribution < 1.29 is 0 Å². The zero-order valence-electron chi connectivity index (χ0n) is 26.8. The lowest BCUT2D eigenvalue weighted by Crippen LogP contribution is -2.02. The Morgan fingerprint density at radius 1 is 0.245 bits per heavy atom. The van der Waals surface area contributed by atoms with Crippen LogP contribution >= 0.6 is 0 Å². The predicted octanol–water partition coefficient (Wildman–Crippen LogP) is 11.4. The van der Waals surface area contributed by atoms with E-state index < -0.39 is 0 Å². The van der Waals surface area contributed by atoms with Crippen LogP contribution in [0.5, 0.6) is 0 Å². The summed E-state index contributed by atoms with van der Waals surface area (Å²) in [6.45, 7) is 0. The minimum absolute atomic E-state index is 0.663. The Kier molecular flexibility index (Phi) is 7.21. The second-order valence-electron chi connectivity index (χ2n) is 12.4. The van der Waals surface area contributed by atoms with Gasteiger partial charge in [-0.05, 0) is 55.6 Å². The van der Waals surface area contributed by atoms with Crippen molar-refractivity contribution >= 4 is 0 Å². The Balaban J connectivity index is 1.12. The maximum absolute atomic E-state index is 5.14. The van der Waals surface area contributed by atoms with Gasteiger partial charge >= 0.3 is 0 Å². The average Bonchev–Trinajstić information content (AvgIpc) is 3.58. The first-order valence-corrected chi connectivity index (χ1v) is 16.7. The van der Waals surface area contributed by atoms with Crippen molar-refractivity contribution in [3.63, 3.8) is 0 Å². The van der Waals surface area contributed by atoms with Crippen LogP contribution in [0.1, 0.15) is 11.1 Å². The summed E-state index contributed by atoms with van der Waals surface area (Å²) in [6.07, 6.45) is 0.810. The van der Waals surface area contributed by atoms with Crippen LogP contribution in [0.25, 0.3) is 78.7 Å². The Morgan fingerprint density at radius 2 is 0.592 bits per heavy atom. The van der Waals surface area contributed by atoms with E-state index in [1.54, 1.807) is 0 Å². The first-order chi connectivity index (χ1) is 24.3. The van der Waals surface area contributed by atoms with Crippen molar-refractivity contribution in [3.8, 4) is 78.7 Å². The second-order valence-corrected chi connectivity index (χ2v) is 12.4. The normalized spacial score (nSPS) is 11.6. The van der Waals surface area contributed by atoms with Crippen LogP contribution in [0, 0.1) is 0 Å². The van der Waals surface area contributed by atoms with E-state index >= 15 is 0 Å². The molecule has 0 N–H and O–H groups in total. The average molecular weight is 626 g/mol. The number of hydrogen-bond donors (Lipinski definition) is 0. The van der Waals surface area contributed by atoms with E-state index in [4.69, 9.17) is 15.0 Å². The van der Waals surface area contributed by atoms with Crippen molar-refractivity contribution in [3.05, 3.63) is 187 Å². The van der Waals surface area contributed by atoms with Gasteiger partial charge < -0.3 is 0 Å². The molecule has 1 aliphatic rings. The Hall–Kier alpha value is -6.45. The monoisotopic (exact) mass is 625 g/mol. The maximum atomic E-state index is 5.14. The predicted molar refractivity (Wildman–Crippen MR) is 201 cm³/mol. The molecule has 1 heterocycles. The fourth-order valence-corrected chi connectivity index (χ4v) is 6.97. The number of aromatic nitrogens is 3.